The molecule has 0 bridgehead atoms. The lowest BCUT2D eigenvalue weighted by molar-refractivity contribution is 0.178. The minimum atomic E-state index is 0.432. The van der Waals surface area contributed by atoms with Crippen molar-refractivity contribution >= 4 is 0 Å². The van der Waals surface area contributed by atoms with Crippen molar-refractivity contribution in [3.8, 4) is 0 Å². The largest absolute Gasteiger partial charge is 0.469 e. The van der Waals surface area contributed by atoms with Gasteiger partial charge in [0.15, 0.2) is 0 Å². The Morgan fingerprint density at radius 2 is 2.28 bits per heavy atom. The van der Waals surface area contributed by atoms with Crippen LogP contribution in [0.5, 0.6) is 0 Å². The van der Waals surface area contributed by atoms with E-state index in [1.54, 1.807) is 6.26 Å². The molecule has 0 amide bonds. The monoisotopic (exact) mass is 251 g/mol. The highest BCUT2D eigenvalue weighted by Crippen LogP contribution is 2.14. The number of furan rings is 1. The molecule has 4 nitrogen and oxygen atoms in total. The SMILES string of the molecule is CNC(Cc1ccco1)C1CN(C)CCCN1C. The number of hydrogen-bond donors (Lipinski definition) is 1. The van der Waals surface area contributed by atoms with Gasteiger partial charge in [-0.3, -0.25) is 0 Å². The van der Waals surface area contributed by atoms with Crippen molar-refractivity contribution in [2.75, 3.05) is 40.8 Å². The summed E-state index contributed by atoms with van der Waals surface area (Å²) in [7, 11) is 6.49. The highest BCUT2D eigenvalue weighted by molar-refractivity contribution is 5.03. The molecule has 1 aliphatic heterocycles. The van der Waals surface area contributed by atoms with E-state index in [0.29, 0.717) is 12.1 Å². The lowest BCUT2D eigenvalue weighted by atomic mass is 10.0. The van der Waals surface area contributed by atoms with Crippen molar-refractivity contribution < 1.29 is 4.42 Å². The Labute approximate surface area is 110 Å². The van der Waals surface area contributed by atoms with Gasteiger partial charge in [0, 0.05) is 25.0 Å². The normalized spacial score (nSPS) is 24.9. The van der Waals surface area contributed by atoms with Crippen molar-refractivity contribution in [2.45, 2.75) is 24.9 Å². The molecule has 2 heterocycles. The second-order valence-electron chi connectivity index (χ2n) is 5.34. The summed E-state index contributed by atoms with van der Waals surface area (Å²) in [5.41, 5.74) is 0. The number of rotatable bonds is 4. The van der Waals surface area contributed by atoms with Gasteiger partial charge in [-0.25, -0.2) is 0 Å². The van der Waals surface area contributed by atoms with Crippen molar-refractivity contribution in [3.63, 3.8) is 0 Å². The van der Waals surface area contributed by atoms with E-state index in [2.05, 4.69) is 35.3 Å². The molecule has 0 saturated carbocycles. The van der Waals surface area contributed by atoms with E-state index in [-0.39, 0.29) is 0 Å². The molecule has 1 aromatic rings. The molecule has 1 fully saturated rings. The maximum absolute atomic E-state index is 5.48. The molecule has 1 saturated heterocycles. The zero-order chi connectivity index (χ0) is 13.0. The molecule has 4 heteroatoms. The van der Waals surface area contributed by atoms with E-state index in [1.165, 1.54) is 19.5 Å². The molecule has 0 radical (unpaired) electrons. The van der Waals surface area contributed by atoms with Crippen LogP contribution in [0.25, 0.3) is 0 Å². The number of likely N-dealkylation sites (N-methyl/N-ethyl adjacent to an activating group) is 3. The Morgan fingerprint density at radius 1 is 1.44 bits per heavy atom. The molecule has 1 N–H and O–H groups in total. The van der Waals surface area contributed by atoms with Crippen LogP contribution < -0.4 is 5.32 Å². The lowest BCUT2D eigenvalue weighted by Crippen LogP contribution is -2.52. The Hall–Kier alpha value is -0.840. The van der Waals surface area contributed by atoms with Gasteiger partial charge in [0.1, 0.15) is 5.76 Å². The maximum Gasteiger partial charge on any atom is 0.105 e. The van der Waals surface area contributed by atoms with Gasteiger partial charge in [-0.1, -0.05) is 0 Å². The molecule has 1 aliphatic rings. The Kier molecular flexibility index (Phi) is 4.80. The van der Waals surface area contributed by atoms with Crippen LogP contribution in [0.1, 0.15) is 12.2 Å². The van der Waals surface area contributed by atoms with E-state index in [1.807, 2.05) is 13.1 Å². The number of hydrogen-bond acceptors (Lipinski definition) is 4. The highest BCUT2D eigenvalue weighted by Gasteiger charge is 2.28. The highest BCUT2D eigenvalue weighted by atomic mass is 16.3. The van der Waals surface area contributed by atoms with Gasteiger partial charge in [0.2, 0.25) is 0 Å². The molecule has 2 atom stereocenters. The molecule has 2 unspecified atom stereocenters. The summed E-state index contributed by atoms with van der Waals surface area (Å²) in [6.45, 7) is 3.48. The lowest BCUT2D eigenvalue weighted by Gasteiger charge is -2.34. The molecule has 0 aliphatic carbocycles. The van der Waals surface area contributed by atoms with E-state index >= 15 is 0 Å². The zero-order valence-corrected chi connectivity index (χ0v) is 11.7. The van der Waals surface area contributed by atoms with Gasteiger partial charge in [0.25, 0.3) is 0 Å². The summed E-state index contributed by atoms with van der Waals surface area (Å²) >= 11 is 0. The first kappa shape index (κ1) is 13.6. The molecule has 1 aromatic heterocycles. The van der Waals surface area contributed by atoms with Gasteiger partial charge < -0.3 is 19.5 Å². The van der Waals surface area contributed by atoms with Crippen molar-refractivity contribution in [1.82, 2.24) is 15.1 Å². The van der Waals surface area contributed by atoms with Gasteiger partial charge in [-0.05, 0) is 52.8 Å². The van der Waals surface area contributed by atoms with Crippen molar-refractivity contribution in [3.05, 3.63) is 24.2 Å². The van der Waals surface area contributed by atoms with Crippen LogP contribution in [-0.2, 0) is 6.42 Å². The summed E-state index contributed by atoms with van der Waals surface area (Å²) in [4.78, 5) is 4.91. The Bertz CT molecular complexity index is 339. The zero-order valence-electron chi connectivity index (χ0n) is 11.7. The summed E-state index contributed by atoms with van der Waals surface area (Å²) in [6.07, 6.45) is 3.96. The molecule has 0 aromatic carbocycles. The summed E-state index contributed by atoms with van der Waals surface area (Å²) < 4.78 is 5.48. The fourth-order valence-corrected chi connectivity index (χ4v) is 2.82. The Morgan fingerprint density at radius 3 is 2.94 bits per heavy atom. The summed E-state index contributed by atoms with van der Waals surface area (Å²) in [6, 6.07) is 4.99. The minimum absolute atomic E-state index is 0.432. The van der Waals surface area contributed by atoms with E-state index in [0.717, 1.165) is 18.7 Å². The summed E-state index contributed by atoms with van der Waals surface area (Å²) in [5, 5.41) is 3.46. The third-order valence-corrected chi connectivity index (χ3v) is 3.95. The predicted molar refractivity (Wildman–Crippen MR) is 73.8 cm³/mol. The van der Waals surface area contributed by atoms with Crippen LogP contribution in [0, 0.1) is 0 Å². The van der Waals surface area contributed by atoms with Crippen LogP contribution >= 0.6 is 0 Å². The van der Waals surface area contributed by atoms with Crippen molar-refractivity contribution in [2.24, 2.45) is 0 Å². The van der Waals surface area contributed by atoms with E-state index in [4.69, 9.17) is 4.42 Å². The van der Waals surface area contributed by atoms with E-state index in [9.17, 15) is 0 Å². The minimum Gasteiger partial charge on any atom is -0.469 e. The van der Waals surface area contributed by atoms with Gasteiger partial charge in [-0.2, -0.15) is 0 Å². The fourth-order valence-electron chi connectivity index (χ4n) is 2.82. The average molecular weight is 251 g/mol. The van der Waals surface area contributed by atoms with Crippen LogP contribution in [-0.4, -0.2) is 62.7 Å². The molecule has 102 valence electrons. The first-order chi connectivity index (χ1) is 8.70. The quantitative estimate of drug-likeness (QED) is 0.867. The third-order valence-electron chi connectivity index (χ3n) is 3.95. The fraction of sp³-hybridized carbons (Fsp3) is 0.714. The van der Waals surface area contributed by atoms with Gasteiger partial charge in [0.05, 0.1) is 6.26 Å². The molecular formula is C14H25N3O. The number of nitrogens with one attached hydrogen (secondary N) is 1. The maximum atomic E-state index is 5.48. The molecule has 2 rings (SSSR count). The molecule has 0 spiro atoms. The van der Waals surface area contributed by atoms with Crippen LogP contribution in [0.4, 0.5) is 0 Å². The average Bonchev–Trinajstić information content (AvgIpc) is 2.80. The topological polar surface area (TPSA) is 31.7 Å². The smallest absolute Gasteiger partial charge is 0.105 e. The third kappa shape index (κ3) is 3.34. The predicted octanol–water partition coefficient (Wildman–Crippen LogP) is 1.05. The van der Waals surface area contributed by atoms with Crippen molar-refractivity contribution in [1.29, 1.82) is 0 Å². The van der Waals surface area contributed by atoms with Crippen LogP contribution in [0.3, 0.4) is 0 Å². The first-order valence-corrected chi connectivity index (χ1v) is 6.79. The van der Waals surface area contributed by atoms with E-state index < -0.39 is 0 Å². The van der Waals surface area contributed by atoms with Crippen LogP contribution in [0.2, 0.25) is 0 Å². The molecule has 18 heavy (non-hydrogen) atoms. The van der Waals surface area contributed by atoms with Gasteiger partial charge >= 0.3 is 0 Å². The Balaban J connectivity index is 2.04. The standard InChI is InChI=1S/C14H25N3O/c1-15-13(10-12-6-4-9-18-12)14-11-16(2)7-5-8-17(14)3/h4,6,9,13-15H,5,7-8,10-11H2,1-3H3. The summed E-state index contributed by atoms with van der Waals surface area (Å²) in [5.74, 6) is 1.06. The second-order valence-corrected chi connectivity index (χ2v) is 5.34. The molecular weight excluding hydrogens is 226 g/mol. The van der Waals surface area contributed by atoms with Crippen LogP contribution in [0.15, 0.2) is 22.8 Å². The second kappa shape index (κ2) is 6.36. The number of nitrogens with zero attached hydrogens (tertiary/aromatic N) is 2. The first-order valence-electron chi connectivity index (χ1n) is 6.79. The van der Waals surface area contributed by atoms with Gasteiger partial charge in [-0.15, -0.1) is 0 Å².